The molecule has 0 amide bonds. The first kappa shape index (κ1) is 15.5. The van der Waals surface area contributed by atoms with Crippen molar-refractivity contribution < 1.29 is 0 Å². The topological polar surface area (TPSA) is 56.0 Å². The van der Waals surface area contributed by atoms with E-state index in [-0.39, 0.29) is 5.56 Å². The minimum absolute atomic E-state index is 0.105. The van der Waals surface area contributed by atoms with Crippen molar-refractivity contribution in [2.45, 2.75) is 39.9 Å². The number of hydrogen-bond donors (Lipinski definition) is 0. The van der Waals surface area contributed by atoms with Gasteiger partial charge in [-0.15, -0.1) is 11.3 Å². The van der Waals surface area contributed by atoms with Gasteiger partial charge in [-0.3, -0.25) is 18.9 Å². The van der Waals surface area contributed by atoms with Crippen molar-refractivity contribution in [3.8, 4) is 0 Å². The zero-order chi connectivity index (χ0) is 16.7. The maximum Gasteiger partial charge on any atom is 0.262 e. The summed E-state index contributed by atoms with van der Waals surface area (Å²) in [6, 6.07) is 1.88. The SMILES string of the molecule is CCn1ncc(CN2CCc3nc4sccc4c(=O)n3CC2)c1C. The van der Waals surface area contributed by atoms with Gasteiger partial charge >= 0.3 is 0 Å². The van der Waals surface area contributed by atoms with Crippen molar-refractivity contribution >= 4 is 21.6 Å². The molecule has 4 heterocycles. The molecular weight excluding hydrogens is 322 g/mol. The van der Waals surface area contributed by atoms with Crippen LogP contribution in [0.4, 0.5) is 0 Å². The van der Waals surface area contributed by atoms with Gasteiger partial charge in [0.15, 0.2) is 0 Å². The number of aryl methyl sites for hydroxylation is 1. The Kier molecular flexibility index (Phi) is 3.97. The van der Waals surface area contributed by atoms with Crippen LogP contribution in [0.3, 0.4) is 0 Å². The second-order valence-corrected chi connectivity index (χ2v) is 7.12. The number of thiophene rings is 1. The molecular formula is C17H21N5OS. The highest BCUT2D eigenvalue weighted by Gasteiger charge is 2.19. The third-order valence-electron chi connectivity index (χ3n) is 4.85. The summed E-state index contributed by atoms with van der Waals surface area (Å²) in [5, 5.41) is 7.12. The number of fused-ring (bicyclic) bond motifs is 2. The molecule has 0 aromatic carbocycles. The largest absolute Gasteiger partial charge is 0.297 e. The second-order valence-electron chi connectivity index (χ2n) is 6.22. The molecule has 6 nitrogen and oxygen atoms in total. The van der Waals surface area contributed by atoms with E-state index in [1.54, 1.807) is 11.3 Å². The van der Waals surface area contributed by atoms with Crippen LogP contribution >= 0.6 is 11.3 Å². The fourth-order valence-corrected chi connectivity index (χ4v) is 4.16. The van der Waals surface area contributed by atoms with Gasteiger partial charge in [-0.25, -0.2) is 4.98 Å². The van der Waals surface area contributed by atoms with Crippen molar-refractivity contribution in [1.29, 1.82) is 0 Å². The lowest BCUT2D eigenvalue weighted by atomic mass is 10.2. The Bertz CT molecular complexity index is 938. The molecule has 3 aromatic heterocycles. The fourth-order valence-electron chi connectivity index (χ4n) is 3.38. The van der Waals surface area contributed by atoms with E-state index in [1.807, 2.05) is 26.9 Å². The average Bonchev–Trinajstić information content (AvgIpc) is 3.12. The summed E-state index contributed by atoms with van der Waals surface area (Å²) in [5.74, 6) is 0.915. The molecule has 0 saturated carbocycles. The number of rotatable bonds is 3. The standard InChI is InChI=1S/C17H21N5OS/c1-3-22-12(2)13(10-18-22)11-20-6-4-15-19-16-14(5-9-24-16)17(23)21(15)8-7-20/h5,9-10H,3-4,6-8,11H2,1-2H3. The van der Waals surface area contributed by atoms with Crippen LogP contribution in [-0.2, 0) is 26.1 Å². The Morgan fingerprint density at radius 3 is 2.96 bits per heavy atom. The Morgan fingerprint density at radius 1 is 1.29 bits per heavy atom. The number of hydrogen-bond acceptors (Lipinski definition) is 5. The zero-order valence-electron chi connectivity index (χ0n) is 14.0. The van der Waals surface area contributed by atoms with Crippen molar-refractivity contribution in [3.63, 3.8) is 0 Å². The number of aromatic nitrogens is 4. The lowest BCUT2D eigenvalue weighted by molar-refractivity contribution is 0.270. The van der Waals surface area contributed by atoms with Gasteiger partial charge in [0.2, 0.25) is 0 Å². The minimum Gasteiger partial charge on any atom is -0.297 e. The van der Waals surface area contributed by atoms with Crippen molar-refractivity contribution in [3.05, 3.63) is 45.1 Å². The molecule has 3 aromatic rings. The van der Waals surface area contributed by atoms with E-state index in [0.29, 0.717) is 6.54 Å². The Balaban J connectivity index is 1.57. The molecule has 0 spiro atoms. The summed E-state index contributed by atoms with van der Waals surface area (Å²) in [6.45, 7) is 8.49. The first-order chi connectivity index (χ1) is 11.7. The Morgan fingerprint density at radius 2 is 2.17 bits per heavy atom. The summed E-state index contributed by atoms with van der Waals surface area (Å²) >= 11 is 1.54. The molecule has 1 aliphatic heterocycles. The molecule has 0 bridgehead atoms. The molecule has 0 radical (unpaired) electrons. The predicted molar refractivity (Wildman–Crippen MR) is 95.5 cm³/mol. The molecule has 24 heavy (non-hydrogen) atoms. The normalized spacial score (nSPS) is 15.6. The van der Waals surface area contributed by atoms with Crippen LogP contribution in [0, 0.1) is 6.92 Å². The predicted octanol–water partition coefficient (Wildman–Crippen LogP) is 2.04. The fraction of sp³-hybridized carbons (Fsp3) is 0.471. The van der Waals surface area contributed by atoms with E-state index in [1.165, 1.54) is 11.3 Å². The van der Waals surface area contributed by atoms with Crippen molar-refractivity contribution in [1.82, 2.24) is 24.2 Å². The molecule has 7 heteroatoms. The van der Waals surface area contributed by atoms with Crippen LogP contribution in [0.15, 0.2) is 22.4 Å². The molecule has 0 unspecified atom stereocenters. The summed E-state index contributed by atoms with van der Waals surface area (Å²) in [5.41, 5.74) is 2.60. The average molecular weight is 343 g/mol. The van der Waals surface area contributed by atoms with Gasteiger partial charge in [-0.1, -0.05) is 0 Å². The first-order valence-corrected chi connectivity index (χ1v) is 9.26. The summed E-state index contributed by atoms with van der Waals surface area (Å²) in [7, 11) is 0. The monoisotopic (exact) mass is 343 g/mol. The van der Waals surface area contributed by atoms with Crippen LogP contribution in [0.1, 0.15) is 24.0 Å². The molecule has 4 rings (SSSR count). The minimum atomic E-state index is 0.105. The highest BCUT2D eigenvalue weighted by molar-refractivity contribution is 7.16. The van der Waals surface area contributed by atoms with Gasteiger partial charge in [0.25, 0.3) is 5.56 Å². The van der Waals surface area contributed by atoms with Gasteiger partial charge in [0.1, 0.15) is 10.7 Å². The van der Waals surface area contributed by atoms with Gasteiger partial charge < -0.3 is 0 Å². The molecule has 1 aliphatic rings. The van der Waals surface area contributed by atoms with Gasteiger partial charge in [-0.05, 0) is 25.3 Å². The molecule has 0 aliphatic carbocycles. The van der Waals surface area contributed by atoms with E-state index in [0.717, 1.165) is 48.6 Å². The lowest BCUT2D eigenvalue weighted by Gasteiger charge is -2.19. The molecule has 0 fully saturated rings. The van der Waals surface area contributed by atoms with Crippen LogP contribution in [0.2, 0.25) is 0 Å². The van der Waals surface area contributed by atoms with Crippen LogP contribution in [-0.4, -0.2) is 37.3 Å². The first-order valence-electron chi connectivity index (χ1n) is 8.38. The third kappa shape index (κ3) is 2.57. The van der Waals surface area contributed by atoms with Crippen LogP contribution < -0.4 is 5.56 Å². The van der Waals surface area contributed by atoms with Crippen LogP contribution in [0.5, 0.6) is 0 Å². The number of nitrogens with zero attached hydrogens (tertiary/aromatic N) is 5. The van der Waals surface area contributed by atoms with E-state index >= 15 is 0 Å². The summed E-state index contributed by atoms with van der Waals surface area (Å²) in [6.07, 6.45) is 2.78. The quantitative estimate of drug-likeness (QED) is 0.730. The lowest BCUT2D eigenvalue weighted by Crippen LogP contribution is -2.28. The van der Waals surface area contributed by atoms with Gasteiger partial charge in [0, 0.05) is 50.4 Å². The molecule has 0 N–H and O–H groups in total. The maximum absolute atomic E-state index is 12.6. The summed E-state index contributed by atoms with van der Waals surface area (Å²) in [4.78, 5) is 20.6. The van der Waals surface area contributed by atoms with Crippen molar-refractivity contribution in [2.75, 3.05) is 13.1 Å². The van der Waals surface area contributed by atoms with E-state index < -0.39 is 0 Å². The Hall–Kier alpha value is -1.99. The zero-order valence-corrected chi connectivity index (χ0v) is 14.8. The highest BCUT2D eigenvalue weighted by Crippen LogP contribution is 2.18. The smallest absolute Gasteiger partial charge is 0.262 e. The van der Waals surface area contributed by atoms with Gasteiger partial charge in [-0.2, -0.15) is 5.10 Å². The maximum atomic E-state index is 12.6. The molecule has 0 atom stereocenters. The van der Waals surface area contributed by atoms with Crippen molar-refractivity contribution in [2.24, 2.45) is 0 Å². The van der Waals surface area contributed by atoms with E-state index in [9.17, 15) is 4.79 Å². The Labute approximate surface area is 144 Å². The molecule has 0 saturated heterocycles. The third-order valence-corrected chi connectivity index (χ3v) is 5.66. The van der Waals surface area contributed by atoms with E-state index in [2.05, 4.69) is 23.8 Å². The second kappa shape index (κ2) is 6.14. The molecule has 126 valence electrons. The summed E-state index contributed by atoms with van der Waals surface area (Å²) < 4.78 is 3.89. The highest BCUT2D eigenvalue weighted by atomic mass is 32.1. The van der Waals surface area contributed by atoms with Crippen LogP contribution in [0.25, 0.3) is 10.2 Å². The van der Waals surface area contributed by atoms with Gasteiger partial charge in [0.05, 0.1) is 11.6 Å². The van der Waals surface area contributed by atoms with E-state index in [4.69, 9.17) is 4.98 Å².